The summed E-state index contributed by atoms with van der Waals surface area (Å²) >= 11 is 0. The van der Waals surface area contributed by atoms with E-state index >= 15 is 0 Å². The molecule has 61 heavy (non-hydrogen) atoms. The maximum absolute atomic E-state index is 6.89. The largest absolute Gasteiger partial charge is 0.456 e. The molecule has 0 saturated heterocycles. The first-order valence-electron chi connectivity index (χ1n) is 20.8. The Labute approximate surface area is 353 Å². The van der Waals surface area contributed by atoms with Crippen LogP contribution in [0.3, 0.4) is 0 Å². The number of benzene rings is 10. The molecule has 0 bridgehead atoms. The van der Waals surface area contributed by atoms with Crippen LogP contribution in [0.15, 0.2) is 235 Å². The third-order valence-corrected chi connectivity index (χ3v) is 12.2. The van der Waals surface area contributed by atoms with Gasteiger partial charge in [-0.3, -0.25) is 0 Å². The molecule has 0 fully saturated rings. The highest BCUT2D eigenvalue weighted by molar-refractivity contribution is 6.24. The van der Waals surface area contributed by atoms with E-state index in [-0.39, 0.29) is 0 Å². The summed E-state index contributed by atoms with van der Waals surface area (Å²) < 4.78 is 9.27. The number of nitrogens with zero attached hydrogens (tertiary/aromatic N) is 2. The molecule has 0 N–H and O–H groups in total. The lowest BCUT2D eigenvalue weighted by Gasteiger charge is -2.26. The molecule has 2 aromatic heterocycles. The zero-order chi connectivity index (χ0) is 40.3. The minimum absolute atomic E-state index is 0.849. The summed E-state index contributed by atoms with van der Waals surface area (Å²) in [5.41, 5.74) is 15.4. The quantitative estimate of drug-likeness (QED) is 0.161. The standard InChI is InChI=1S/C58H38N2O/c1-4-14-39(15-5-1)40-24-26-41(27-25-40)42-28-32-47(33-29-42)59(45-17-6-2-7-18-45)48-37-51(58-56(38-48)61-55-35-31-43-16-10-11-21-49(43)57(55)58)44-30-34-54-52(36-44)50-22-12-13-23-53(50)60(54)46-19-8-3-9-20-46/h1-38H. The normalized spacial score (nSPS) is 11.6. The lowest BCUT2D eigenvalue weighted by Crippen LogP contribution is -2.10. The van der Waals surface area contributed by atoms with E-state index in [1.54, 1.807) is 0 Å². The Morgan fingerprint density at radius 3 is 1.62 bits per heavy atom. The van der Waals surface area contributed by atoms with Gasteiger partial charge in [-0.1, -0.05) is 158 Å². The van der Waals surface area contributed by atoms with E-state index in [2.05, 4.69) is 240 Å². The molecule has 3 heteroatoms. The summed E-state index contributed by atoms with van der Waals surface area (Å²) in [6, 6.07) is 82.8. The Hall–Kier alpha value is -8.14. The molecule has 0 atom stereocenters. The maximum Gasteiger partial charge on any atom is 0.138 e. The third-order valence-electron chi connectivity index (χ3n) is 12.2. The average Bonchev–Trinajstić information content (AvgIpc) is 3.88. The second-order valence-corrected chi connectivity index (χ2v) is 15.7. The molecule has 10 aromatic carbocycles. The van der Waals surface area contributed by atoms with Gasteiger partial charge in [-0.25, -0.2) is 0 Å². The number of fused-ring (bicyclic) bond motifs is 8. The Morgan fingerprint density at radius 2 is 0.885 bits per heavy atom. The van der Waals surface area contributed by atoms with Gasteiger partial charge < -0.3 is 13.9 Å². The van der Waals surface area contributed by atoms with Crippen LogP contribution in [0, 0.1) is 0 Å². The number of anilines is 3. The predicted molar refractivity (Wildman–Crippen MR) is 257 cm³/mol. The van der Waals surface area contributed by atoms with Gasteiger partial charge in [0.25, 0.3) is 0 Å². The molecule has 0 amide bonds. The van der Waals surface area contributed by atoms with Crippen molar-refractivity contribution >= 4 is 71.6 Å². The van der Waals surface area contributed by atoms with Crippen molar-refractivity contribution in [1.82, 2.24) is 4.57 Å². The van der Waals surface area contributed by atoms with E-state index in [4.69, 9.17) is 4.42 Å². The Morgan fingerprint density at radius 1 is 0.328 bits per heavy atom. The van der Waals surface area contributed by atoms with E-state index < -0.39 is 0 Å². The fourth-order valence-corrected chi connectivity index (χ4v) is 9.32. The van der Waals surface area contributed by atoms with Crippen molar-refractivity contribution in [2.24, 2.45) is 0 Å². The molecule has 12 aromatic rings. The fraction of sp³-hybridized carbons (Fsp3) is 0. The predicted octanol–water partition coefficient (Wildman–Crippen LogP) is 16.3. The minimum atomic E-state index is 0.849. The van der Waals surface area contributed by atoms with Crippen LogP contribution in [-0.2, 0) is 0 Å². The molecule has 3 nitrogen and oxygen atoms in total. The fourth-order valence-electron chi connectivity index (χ4n) is 9.32. The van der Waals surface area contributed by atoms with E-state index in [1.165, 1.54) is 54.8 Å². The Kier molecular flexibility index (Phi) is 8.17. The average molecular weight is 779 g/mol. The van der Waals surface area contributed by atoms with Crippen molar-refractivity contribution in [3.63, 3.8) is 0 Å². The van der Waals surface area contributed by atoms with Gasteiger partial charge in [0.1, 0.15) is 11.2 Å². The van der Waals surface area contributed by atoms with Crippen LogP contribution in [0.4, 0.5) is 17.1 Å². The SMILES string of the molecule is c1ccc(-c2ccc(-c3ccc(N(c4ccccc4)c4cc(-c5ccc6c(c5)c5ccccc5n6-c5ccccc5)c5c(c4)oc4ccc6ccccc6c45)cc3)cc2)cc1. The van der Waals surface area contributed by atoms with Crippen molar-refractivity contribution in [1.29, 1.82) is 0 Å². The van der Waals surface area contributed by atoms with Crippen LogP contribution in [-0.4, -0.2) is 4.57 Å². The molecule has 286 valence electrons. The van der Waals surface area contributed by atoms with Crippen molar-refractivity contribution < 1.29 is 4.42 Å². The summed E-state index contributed by atoms with van der Waals surface area (Å²) in [4.78, 5) is 2.34. The van der Waals surface area contributed by atoms with Gasteiger partial charge in [0.15, 0.2) is 0 Å². The highest BCUT2D eigenvalue weighted by atomic mass is 16.3. The van der Waals surface area contributed by atoms with E-state index in [9.17, 15) is 0 Å². The third kappa shape index (κ3) is 5.90. The summed E-state index contributed by atoms with van der Waals surface area (Å²) in [6.45, 7) is 0. The van der Waals surface area contributed by atoms with Crippen LogP contribution in [0.5, 0.6) is 0 Å². The number of hydrogen-bond donors (Lipinski definition) is 0. The highest BCUT2D eigenvalue weighted by Crippen LogP contribution is 2.46. The second-order valence-electron chi connectivity index (χ2n) is 15.7. The van der Waals surface area contributed by atoms with Gasteiger partial charge in [0.2, 0.25) is 0 Å². The molecule has 2 heterocycles. The first-order valence-corrected chi connectivity index (χ1v) is 20.8. The molecule has 0 aliphatic heterocycles. The van der Waals surface area contributed by atoms with Gasteiger partial charge in [-0.15, -0.1) is 0 Å². The number of furan rings is 1. The summed E-state index contributed by atoms with van der Waals surface area (Å²) in [5, 5.41) is 7.05. The Bertz CT molecular complexity index is 3550. The van der Waals surface area contributed by atoms with Crippen LogP contribution >= 0.6 is 0 Å². The smallest absolute Gasteiger partial charge is 0.138 e. The zero-order valence-electron chi connectivity index (χ0n) is 33.2. The molecule has 0 aliphatic rings. The molecule has 0 spiro atoms. The van der Waals surface area contributed by atoms with Crippen LogP contribution in [0.2, 0.25) is 0 Å². The Balaban J connectivity index is 1.06. The van der Waals surface area contributed by atoms with Gasteiger partial charge in [-0.05, 0) is 111 Å². The number of rotatable bonds is 7. The summed E-state index contributed by atoms with van der Waals surface area (Å²) in [5.74, 6) is 0. The second kappa shape index (κ2) is 14.3. The number of aromatic nitrogens is 1. The van der Waals surface area contributed by atoms with Gasteiger partial charge in [0.05, 0.1) is 16.7 Å². The summed E-state index contributed by atoms with van der Waals surface area (Å²) in [7, 11) is 0. The first-order chi connectivity index (χ1) is 30.2. The van der Waals surface area contributed by atoms with E-state index in [1.807, 2.05) is 0 Å². The van der Waals surface area contributed by atoms with Gasteiger partial charge in [0, 0.05) is 44.7 Å². The number of para-hydroxylation sites is 3. The van der Waals surface area contributed by atoms with Crippen molar-refractivity contribution in [3.05, 3.63) is 231 Å². The minimum Gasteiger partial charge on any atom is -0.456 e. The van der Waals surface area contributed by atoms with E-state index in [0.717, 1.165) is 55.8 Å². The molecule has 12 rings (SSSR count). The van der Waals surface area contributed by atoms with Crippen LogP contribution in [0.25, 0.3) is 93.6 Å². The topological polar surface area (TPSA) is 21.3 Å². The molecule has 0 radical (unpaired) electrons. The van der Waals surface area contributed by atoms with Crippen LogP contribution in [0.1, 0.15) is 0 Å². The lowest BCUT2D eigenvalue weighted by molar-refractivity contribution is 0.669. The zero-order valence-corrected chi connectivity index (χ0v) is 33.2. The molecule has 0 aliphatic carbocycles. The summed E-state index contributed by atoms with van der Waals surface area (Å²) in [6.07, 6.45) is 0. The highest BCUT2D eigenvalue weighted by Gasteiger charge is 2.22. The number of hydrogen-bond acceptors (Lipinski definition) is 2. The first kappa shape index (κ1) is 34.9. The van der Waals surface area contributed by atoms with Gasteiger partial charge >= 0.3 is 0 Å². The molecule has 0 saturated carbocycles. The van der Waals surface area contributed by atoms with Crippen molar-refractivity contribution in [3.8, 4) is 39.1 Å². The molecular formula is C58H38N2O. The van der Waals surface area contributed by atoms with E-state index in [0.29, 0.717) is 0 Å². The van der Waals surface area contributed by atoms with Crippen molar-refractivity contribution in [2.75, 3.05) is 4.90 Å². The lowest BCUT2D eigenvalue weighted by atomic mass is 9.94. The van der Waals surface area contributed by atoms with Crippen molar-refractivity contribution in [2.45, 2.75) is 0 Å². The molecular weight excluding hydrogens is 741 g/mol. The monoisotopic (exact) mass is 778 g/mol. The maximum atomic E-state index is 6.89. The van der Waals surface area contributed by atoms with Gasteiger partial charge in [-0.2, -0.15) is 0 Å². The molecule has 0 unspecified atom stereocenters. The van der Waals surface area contributed by atoms with Crippen LogP contribution < -0.4 is 4.90 Å².